The topological polar surface area (TPSA) is 85.3 Å². The van der Waals surface area contributed by atoms with E-state index in [4.69, 9.17) is 14.2 Å². The van der Waals surface area contributed by atoms with Crippen LogP contribution in [0.25, 0.3) is 0 Å². The molecule has 1 aliphatic rings. The van der Waals surface area contributed by atoms with Crippen LogP contribution in [0.4, 0.5) is 0 Å². The fourth-order valence-electron chi connectivity index (χ4n) is 3.64. The molecule has 7 heteroatoms. The zero-order chi connectivity index (χ0) is 22.6. The molecule has 1 fully saturated rings. The number of benzene rings is 1. The normalized spacial score (nSPS) is 16.7. The number of carboxylic acids is 1. The Morgan fingerprint density at radius 1 is 1.00 bits per heavy atom. The number of likely N-dealkylation sites (tertiary alicyclic amines) is 1. The molecule has 7 nitrogen and oxygen atoms in total. The first-order chi connectivity index (χ1) is 15.0. The van der Waals surface area contributed by atoms with Crippen molar-refractivity contribution < 1.29 is 28.9 Å². The second-order valence-corrected chi connectivity index (χ2v) is 7.99. The highest BCUT2D eigenvalue weighted by Crippen LogP contribution is 2.36. The van der Waals surface area contributed by atoms with Crippen molar-refractivity contribution in [2.75, 3.05) is 39.5 Å². The minimum atomic E-state index is -0.760. The summed E-state index contributed by atoms with van der Waals surface area (Å²) in [6.07, 6.45) is 4.34. The minimum absolute atomic E-state index is 0.0586. The maximum absolute atomic E-state index is 13.3. The van der Waals surface area contributed by atoms with Gasteiger partial charge >= 0.3 is 5.97 Å². The van der Waals surface area contributed by atoms with Crippen molar-refractivity contribution in [1.29, 1.82) is 0 Å². The van der Waals surface area contributed by atoms with Crippen molar-refractivity contribution in [2.24, 2.45) is 5.92 Å². The number of Topliss-reactive ketones (excluding diaryl/α,β-unsaturated/α-hetero) is 1. The summed E-state index contributed by atoms with van der Waals surface area (Å²) in [6, 6.07) is 3.55. The Balaban J connectivity index is 2.21. The molecule has 31 heavy (non-hydrogen) atoms. The minimum Gasteiger partial charge on any atom is -0.493 e. The molecular formula is C24H37NO6. The van der Waals surface area contributed by atoms with Crippen LogP contribution in [0.2, 0.25) is 0 Å². The van der Waals surface area contributed by atoms with Crippen molar-refractivity contribution in [3.8, 4) is 17.2 Å². The smallest absolute Gasteiger partial charge is 0.307 e. The van der Waals surface area contributed by atoms with E-state index in [-0.39, 0.29) is 18.1 Å². The van der Waals surface area contributed by atoms with Crippen molar-refractivity contribution in [2.45, 2.75) is 59.3 Å². The number of rotatable bonds is 14. The first kappa shape index (κ1) is 25.0. The van der Waals surface area contributed by atoms with Crippen LogP contribution in [0.5, 0.6) is 17.2 Å². The molecule has 0 aliphatic carbocycles. The summed E-state index contributed by atoms with van der Waals surface area (Å²) in [4.78, 5) is 26.6. The van der Waals surface area contributed by atoms with Gasteiger partial charge in [-0.05, 0) is 38.6 Å². The summed E-state index contributed by atoms with van der Waals surface area (Å²) in [5.74, 6) is 0.449. The summed E-state index contributed by atoms with van der Waals surface area (Å²) in [7, 11) is 0. The highest BCUT2D eigenvalue weighted by Gasteiger charge is 2.27. The van der Waals surface area contributed by atoms with E-state index < -0.39 is 5.97 Å². The lowest BCUT2D eigenvalue weighted by Crippen LogP contribution is -2.39. The number of ether oxygens (including phenoxy) is 3. The number of hydrogen-bond donors (Lipinski definition) is 1. The van der Waals surface area contributed by atoms with Crippen LogP contribution < -0.4 is 14.2 Å². The van der Waals surface area contributed by atoms with Gasteiger partial charge in [-0.3, -0.25) is 9.59 Å². The first-order valence-electron chi connectivity index (χ1n) is 11.5. The average Bonchev–Trinajstić information content (AvgIpc) is 2.78. The second-order valence-electron chi connectivity index (χ2n) is 7.99. The molecule has 1 saturated heterocycles. The third-order valence-corrected chi connectivity index (χ3v) is 5.22. The van der Waals surface area contributed by atoms with E-state index >= 15 is 0 Å². The molecule has 0 saturated carbocycles. The molecule has 1 unspecified atom stereocenters. The first-order valence-corrected chi connectivity index (χ1v) is 11.5. The number of aliphatic carboxylic acids is 1. The van der Waals surface area contributed by atoms with Crippen molar-refractivity contribution >= 4 is 11.8 Å². The maximum Gasteiger partial charge on any atom is 0.307 e. The highest BCUT2D eigenvalue weighted by atomic mass is 16.5. The van der Waals surface area contributed by atoms with E-state index in [1.54, 1.807) is 12.1 Å². The van der Waals surface area contributed by atoms with Crippen molar-refractivity contribution in [3.63, 3.8) is 0 Å². The molecule has 1 atom stereocenters. The Morgan fingerprint density at radius 2 is 1.58 bits per heavy atom. The third-order valence-electron chi connectivity index (χ3n) is 5.22. The van der Waals surface area contributed by atoms with Gasteiger partial charge in [-0.15, -0.1) is 0 Å². The molecule has 1 N–H and O–H groups in total. The van der Waals surface area contributed by atoms with Crippen LogP contribution in [0.15, 0.2) is 12.1 Å². The lowest BCUT2D eigenvalue weighted by molar-refractivity contribution is -0.143. The Morgan fingerprint density at radius 3 is 2.13 bits per heavy atom. The lowest BCUT2D eigenvalue weighted by Gasteiger charge is -2.30. The van der Waals surface area contributed by atoms with Gasteiger partial charge in [-0.1, -0.05) is 20.8 Å². The Labute approximate surface area is 185 Å². The van der Waals surface area contributed by atoms with Gasteiger partial charge in [0, 0.05) is 31.6 Å². The van der Waals surface area contributed by atoms with E-state index in [1.807, 2.05) is 20.8 Å². The molecule has 1 aromatic rings. The number of nitrogens with zero attached hydrogens (tertiary/aromatic N) is 1. The SMILES string of the molecule is CCCOc1cc(OCCC)c(C(=O)CCN2CCCC(C(=O)O)C2)c(OCCC)c1. The van der Waals surface area contributed by atoms with Crippen LogP contribution >= 0.6 is 0 Å². The standard InChI is InChI=1S/C24H37NO6/c1-4-12-29-19-15-21(30-13-5-2)23(22(16-19)31-14-6-3)20(26)9-11-25-10-7-8-18(17-25)24(27)28/h15-16,18H,4-14,17H2,1-3H3,(H,27,28). The molecule has 1 aromatic carbocycles. The van der Waals surface area contributed by atoms with Crippen LogP contribution in [0, 0.1) is 5.92 Å². The van der Waals surface area contributed by atoms with Crippen LogP contribution in [-0.4, -0.2) is 61.2 Å². The number of carboxylic acid groups (broad SMARTS) is 1. The number of carbonyl (C=O) groups excluding carboxylic acids is 1. The van der Waals surface area contributed by atoms with E-state index in [1.165, 1.54) is 0 Å². The van der Waals surface area contributed by atoms with Gasteiger partial charge in [0.2, 0.25) is 0 Å². The van der Waals surface area contributed by atoms with Gasteiger partial charge in [0.25, 0.3) is 0 Å². The molecule has 0 spiro atoms. The summed E-state index contributed by atoms with van der Waals surface area (Å²) in [5, 5.41) is 9.30. The number of carbonyl (C=O) groups is 2. The van der Waals surface area contributed by atoms with Gasteiger partial charge in [-0.25, -0.2) is 0 Å². The zero-order valence-corrected chi connectivity index (χ0v) is 19.2. The molecule has 0 bridgehead atoms. The largest absolute Gasteiger partial charge is 0.493 e. The second kappa shape index (κ2) is 13.2. The predicted molar refractivity (Wildman–Crippen MR) is 120 cm³/mol. The van der Waals surface area contributed by atoms with Crippen molar-refractivity contribution in [3.05, 3.63) is 17.7 Å². The van der Waals surface area contributed by atoms with Crippen LogP contribution in [0.3, 0.4) is 0 Å². The monoisotopic (exact) mass is 435 g/mol. The van der Waals surface area contributed by atoms with Crippen LogP contribution in [-0.2, 0) is 4.79 Å². The van der Waals surface area contributed by atoms with Gasteiger partial charge in [-0.2, -0.15) is 0 Å². The number of ketones is 1. The quantitative estimate of drug-likeness (QED) is 0.433. The van der Waals surface area contributed by atoms with Gasteiger partial charge < -0.3 is 24.2 Å². The summed E-state index contributed by atoms with van der Waals surface area (Å²) < 4.78 is 17.6. The summed E-state index contributed by atoms with van der Waals surface area (Å²) in [6.45, 7) is 9.48. The zero-order valence-electron chi connectivity index (χ0n) is 19.2. The molecule has 2 rings (SSSR count). The molecule has 174 valence electrons. The van der Waals surface area contributed by atoms with Crippen LogP contribution in [0.1, 0.15) is 69.7 Å². The van der Waals surface area contributed by atoms with E-state index in [0.717, 1.165) is 32.2 Å². The average molecular weight is 436 g/mol. The van der Waals surface area contributed by atoms with Crippen molar-refractivity contribution in [1.82, 2.24) is 4.90 Å². The summed E-state index contributed by atoms with van der Waals surface area (Å²) in [5.41, 5.74) is 0.456. The molecule has 0 amide bonds. The van der Waals surface area contributed by atoms with E-state index in [9.17, 15) is 14.7 Å². The summed E-state index contributed by atoms with van der Waals surface area (Å²) >= 11 is 0. The molecule has 0 aromatic heterocycles. The number of hydrogen-bond acceptors (Lipinski definition) is 6. The fourth-order valence-corrected chi connectivity index (χ4v) is 3.64. The Hall–Kier alpha value is -2.28. The molecule has 0 radical (unpaired) electrons. The third kappa shape index (κ3) is 7.73. The molecule has 1 aliphatic heterocycles. The maximum atomic E-state index is 13.3. The fraction of sp³-hybridized carbons (Fsp3) is 0.667. The Kier molecular flexibility index (Phi) is 10.6. The van der Waals surface area contributed by atoms with Gasteiger partial charge in [0.1, 0.15) is 22.8 Å². The number of piperidine rings is 1. The van der Waals surface area contributed by atoms with Gasteiger partial charge in [0.05, 0.1) is 25.7 Å². The lowest BCUT2D eigenvalue weighted by atomic mass is 9.97. The predicted octanol–water partition coefficient (Wildman–Crippen LogP) is 4.42. The Bertz CT molecular complexity index is 691. The highest BCUT2D eigenvalue weighted by molar-refractivity contribution is 6.01. The van der Waals surface area contributed by atoms with E-state index in [2.05, 4.69) is 4.90 Å². The molecular weight excluding hydrogens is 398 g/mol. The van der Waals surface area contributed by atoms with Gasteiger partial charge in [0.15, 0.2) is 5.78 Å². The van der Waals surface area contributed by atoms with E-state index in [0.29, 0.717) is 62.1 Å². The molecule has 1 heterocycles.